The summed E-state index contributed by atoms with van der Waals surface area (Å²) in [7, 11) is 0. The third kappa shape index (κ3) is 2.81. The van der Waals surface area contributed by atoms with Crippen molar-refractivity contribution < 1.29 is 15.0 Å². The summed E-state index contributed by atoms with van der Waals surface area (Å²) in [6.45, 7) is 3.37. The van der Waals surface area contributed by atoms with Gasteiger partial charge in [0.2, 0.25) is 0 Å². The first-order chi connectivity index (χ1) is 9.50. The summed E-state index contributed by atoms with van der Waals surface area (Å²) >= 11 is 0. The van der Waals surface area contributed by atoms with Crippen LogP contribution in [-0.4, -0.2) is 16.1 Å². The molecule has 1 atom stereocenters. The van der Waals surface area contributed by atoms with Gasteiger partial charge in [0, 0.05) is 11.3 Å². The first-order valence-electron chi connectivity index (χ1n) is 6.37. The van der Waals surface area contributed by atoms with Gasteiger partial charge in [-0.3, -0.25) is 4.79 Å². The SMILES string of the molecule is Cc1cccc(C(=O)Nc2ccccc2C(C)O)c1O. The minimum atomic E-state index is -0.683. The van der Waals surface area contributed by atoms with Crippen molar-refractivity contribution in [2.45, 2.75) is 20.0 Å². The number of nitrogens with one attached hydrogen (secondary N) is 1. The molecule has 2 rings (SSSR count). The number of phenolic OH excluding ortho intramolecular Hbond substituents is 1. The molecule has 0 fully saturated rings. The Bertz CT molecular complexity index is 635. The Hall–Kier alpha value is -2.33. The Balaban J connectivity index is 2.31. The number of carbonyl (C=O) groups excluding carboxylic acids is 1. The van der Waals surface area contributed by atoms with Gasteiger partial charge in [-0.05, 0) is 31.5 Å². The first-order valence-corrected chi connectivity index (χ1v) is 6.37. The predicted octanol–water partition coefficient (Wildman–Crippen LogP) is 3.01. The molecule has 0 heterocycles. The van der Waals surface area contributed by atoms with Crippen LogP contribution in [0.3, 0.4) is 0 Å². The van der Waals surface area contributed by atoms with Gasteiger partial charge < -0.3 is 15.5 Å². The van der Waals surface area contributed by atoms with E-state index in [1.807, 2.05) is 0 Å². The Morgan fingerprint density at radius 3 is 2.55 bits per heavy atom. The van der Waals surface area contributed by atoms with Crippen LogP contribution in [0, 0.1) is 6.92 Å². The van der Waals surface area contributed by atoms with E-state index in [0.29, 0.717) is 16.8 Å². The molecule has 3 N–H and O–H groups in total. The number of aryl methyl sites for hydroxylation is 1. The summed E-state index contributed by atoms with van der Waals surface area (Å²) in [6.07, 6.45) is -0.683. The number of phenols is 1. The van der Waals surface area contributed by atoms with E-state index >= 15 is 0 Å². The average Bonchev–Trinajstić information content (AvgIpc) is 2.42. The predicted molar refractivity (Wildman–Crippen MR) is 77.9 cm³/mol. The third-order valence-corrected chi connectivity index (χ3v) is 3.14. The van der Waals surface area contributed by atoms with Crippen molar-refractivity contribution in [2.24, 2.45) is 0 Å². The van der Waals surface area contributed by atoms with Crippen LogP contribution in [-0.2, 0) is 0 Å². The maximum Gasteiger partial charge on any atom is 0.259 e. The summed E-state index contributed by atoms with van der Waals surface area (Å²) in [6, 6.07) is 12.0. The van der Waals surface area contributed by atoms with Crippen molar-refractivity contribution in [3.05, 3.63) is 59.2 Å². The van der Waals surface area contributed by atoms with E-state index in [1.165, 1.54) is 0 Å². The van der Waals surface area contributed by atoms with Crippen LogP contribution in [0.2, 0.25) is 0 Å². The van der Waals surface area contributed by atoms with E-state index in [2.05, 4.69) is 5.32 Å². The zero-order chi connectivity index (χ0) is 14.7. The van der Waals surface area contributed by atoms with Crippen molar-refractivity contribution >= 4 is 11.6 Å². The van der Waals surface area contributed by atoms with E-state index in [1.54, 1.807) is 56.3 Å². The van der Waals surface area contributed by atoms with Crippen molar-refractivity contribution in [3.63, 3.8) is 0 Å². The molecule has 0 aliphatic carbocycles. The van der Waals surface area contributed by atoms with Gasteiger partial charge in [0.1, 0.15) is 5.75 Å². The molecule has 2 aromatic carbocycles. The Kier molecular flexibility index (Phi) is 4.05. The number of carbonyl (C=O) groups is 1. The highest BCUT2D eigenvalue weighted by Gasteiger charge is 2.15. The lowest BCUT2D eigenvalue weighted by atomic mass is 10.1. The number of hydrogen-bond acceptors (Lipinski definition) is 3. The van der Waals surface area contributed by atoms with Gasteiger partial charge in [0.25, 0.3) is 5.91 Å². The van der Waals surface area contributed by atoms with E-state index in [4.69, 9.17) is 0 Å². The summed E-state index contributed by atoms with van der Waals surface area (Å²) < 4.78 is 0. The molecule has 4 heteroatoms. The molecule has 2 aromatic rings. The van der Waals surface area contributed by atoms with Gasteiger partial charge in [-0.2, -0.15) is 0 Å². The summed E-state index contributed by atoms with van der Waals surface area (Å²) in [4.78, 5) is 12.2. The maximum atomic E-state index is 12.2. The second-order valence-electron chi connectivity index (χ2n) is 4.69. The normalized spacial score (nSPS) is 11.9. The topological polar surface area (TPSA) is 69.6 Å². The molecule has 0 aliphatic rings. The van der Waals surface area contributed by atoms with Crippen LogP contribution in [0.4, 0.5) is 5.69 Å². The molecule has 1 amide bonds. The Labute approximate surface area is 117 Å². The Morgan fingerprint density at radius 1 is 1.15 bits per heavy atom. The van der Waals surface area contributed by atoms with E-state index < -0.39 is 12.0 Å². The smallest absolute Gasteiger partial charge is 0.259 e. The van der Waals surface area contributed by atoms with Gasteiger partial charge >= 0.3 is 0 Å². The highest BCUT2D eigenvalue weighted by Crippen LogP contribution is 2.25. The Morgan fingerprint density at radius 2 is 1.85 bits per heavy atom. The largest absolute Gasteiger partial charge is 0.507 e. The molecular formula is C16H17NO3. The zero-order valence-corrected chi connectivity index (χ0v) is 11.4. The van der Waals surface area contributed by atoms with Crippen LogP contribution in [0.15, 0.2) is 42.5 Å². The quantitative estimate of drug-likeness (QED) is 0.803. The van der Waals surface area contributed by atoms with Crippen LogP contribution >= 0.6 is 0 Å². The van der Waals surface area contributed by atoms with Crippen molar-refractivity contribution in [1.82, 2.24) is 0 Å². The molecule has 0 aromatic heterocycles. The standard InChI is InChI=1S/C16H17NO3/c1-10-6-5-8-13(15(10)19)16(20)17-14-9-4-3-7-12(14)11(2)18/h3-9,11,18-19H,1-2H3,(H,17,20). The van der Waals surface area contributed by atoms with Crippen LogP contribution in [0.5, 0.6) is 5.75 Å². The summed E-state index contributed by atoms with van der Waals surface area (Å²) in [5.74, 6) is -0.432. The number of anilines is 1. The highest BCUT2D eigenvalue weighted by molar-refractivity contribution is 6.06. The molecule has 104 valence electrons. The molecule has 0 saturated heterocycles. The van der Waals surface area contributed by atoms with Gasteiger partial charge in [-0.15, -0.1) is 0 Å². The number of benzene rings is 2. The summed E-state index contributed by atoms with van der Waals surface area (Å²) in [5.41, 5.74) is 2.02. The van der Waals surface area contributed by atoms with Crippen LogP contribution < -0.4 is 5.32 Å². The number of para-hydroxylation sites is 2. The van der Waals surface area contributed by atoms with Crippen LogP contribution in [0.1, 0.15) is 34.5 Å². The minimum Gasteiger partial charge on any atom is -0.507 e. The second-order valence-corrected chi connectivity index (χ2v) is 4.69. The van der Waals surface area contributed by atoms with E-state index in [0.717, 1.165) is 0 Å². The lowest BCUT2D eigenvalue weighted by Gasteiger charge is -2.13. The highest BCUT2D eigenvalue weighted by atomic mass is 16.3. The van der Waals surface area contributed by atoms with E-state index in [9.17, 15) is 15.0 Å². The lowest BCUT2D eigenvalue weighted by molar-refractivity contribution is 0.102. The van der Waals surface area contributed by atoms with Gasteiger partial charge in [0.05, 0.1) is 11.7 Å². The average molecular weight is 271 g/mol. The zero-order valence-electron chi connectivity index (χ0n) is 11.4. The number of aromatic hydroxyl groups is 1. The van der Waals surface area contributed by atoms with Crippen molar-refractivity contribution in [1.29, 1.82) is 0 Å². The van der Waals surface area contributed by atoms with Crippen molar-refractivity contribution in [3.8, 4) is 5.75 Å². The molecule has 1 unspecified atom stereocenters. The monoisotopic (exact) mass is 271 g/mol. The number of rotatable bonds is 3. The maximum absolute atomic E-state index is 12.2. The fourth-order valence-corrected chi connectivity index (χ4v) is 2.01. The molecule has 0 spiro atoms. The summed E-state index contributed by atoms with van der Waals surface area (Å²) in [5, 5.41) is 22.3. The van der Waals surface area contributed by atoms with E-state index in [-0.39, 0.29) is 11.3 Å². The number of amides is 1. The van der Waals surface area contributed by atoms with Crippen LogP contribution in [0.25, 0.3) is 0 Å². The second kappa shape index (κ2) is 5.75. The fraction of sp³-hybridized carbons (Fsp3) is 0.188. The van der Waals surface area contributed by atoms with Gasteiger partial charge in [-0.25, -0.2) is 0 Å². The number of aliphatic hydroxyl groups is 1. The lowest BCUT2D eigenvalue weighted by Crippen LogP contribution is -2.14. The number of aliphatic hydroxyl groups excluding tert-OH is 1. The van der Waals surface area contributed by atoms with Gasteiger partial charge in [-0.1, -0.05) is 30.3 Å². The molecule has 20 heavy (non-hydrogen) atoms. The molecule has 0 bridgehead atoms. The molecule has 0 radical (unpaired) electrons. The first kappa shape index (κ1) is 14.1. The molecule has 0 saturated carbocycles. The molecule has 4 nitrogen and oxygen atoms in total. The fourth-order valence-electron chi connectivity index (χ4n) is 2.01. The molecular weight excluding hydrogens is 254 g/mol. The van der Waals surface area contributed by atoms with Crippen molar-refractivity contribution in [2.75, 3.05) is 5.32 Å². The third-order valence-electron chi connectivity index (χ3n) is 3.14. The minimum absolute atomic E-state index is 0.0282. The molecule has 0 aliphatic heterocycles. The number of hydrogen-bond donors (Lipinski definition) is 3. The van der Waals surface area contributed by atoms with Gasteiger partial charge in [0.15, 0.2) is 0 Å².